The van der Waals surface area contributed by atoms with Crippen LogP contribution in [0.15, 0.2) is 48.5 Å². The van der Waals surface area contributed by atoms with E-state index in [0.29, 0.717) is 22.8 Å². The van der Waals surface area contributed by atoms with Crippen LogP contribution in [0.25, 0.3) is 0 Å². The van der Waals surface area contributed by atoms with Crippen LogP contribution in [0.2, 0.25) is 0 Å². The monoisotopic (exact) mass is 501 g/mol. The van der Waals surface area contributed by atoms with Crippen molar-refractivity contribution in [1.29, 1.82) is 0 Å². The first-order chi connectivity index (χ1) is 16.8. The van der Waals surface area contributed by atoms with E-state index in [2.05, 4.69) is 9.69 Å². The van der Waals surface area contributed by atoms with Gasteiger partial charge in [-0.25, -0.2) is 4.39 Å². The number of halogens is 1. The number of aromatic nitrogens is 1. The summed E-state index contributed by atoms with van der Waals surface area (Å²) in [5.41, 5.74) is 11.3. The highest BCUT2D eigenvalue weighted by molar-refractivity contribution is 7.09. The molecular formula is C23H24FN5O5S. The van der Waals surface area contributed by atoms with Crippen LogP contribution in [-0.2, 0) is 9.53 Å². The number of anilines is 2. The Balaban J connectivity index is 2.17. The maximum Gasteiger partial charge on any atom is 0.273 e. The molecule has 0 aliphatic heterocycles. The first-order valence-electron chi connectivity index (χ1n) is 10.3. The lowest BCUT2D eigenvalue weighted by molar-refractivity contribution is -0.122. The van der Waals surface area contributed by atoms with Gasteiger partial charge in [-0.15, -0.1) is 0 Å². The van der Waals surface area contributed by atoms with Gasteiger partial charge in [-0.1, -0.05) is 18.2 Å². The standard InChI is InChI=1S/C23H24FN5O5S/c1-33-11-10-27-22(31)19(13-6-8-16(34-2)9-7-13)29(15-5-3-4-14(24)12-15)23(32)20-17(25)18(21(26)30)28-35-20/h3-9,12,19H,10-11,25H2,1-2H3,(H2,26,30)(H,27,31)/t19-/m1/s1. The largest absolute Gasteiger partial charge is 0.497 e. The quantitative estimate of drug-likeness (QED) is 0.360. The Kier molecular flexibility index (Phi) is 8.34. The van der Waals surface area contributed by atoms with Gasteiger partial charge in [0.15, 0.2) is 5.69 Å². The van der Waals surface area contributed by atoms with Gasteiger partial charge in [-0.2, -0.15) is 4.37 Å². The molecule has 2 aromatic carbocycles. The number of carbonyl (C=O) groups is 3. The van der Waals surface area contributed by atoms with Gasteiger partial charge in [-0.3, -0.25) is 19.3 Å². The number of nitrogens with zero attached hydrogens (tertiary/aromatic N) is 2. The second kappa shape index (κ2) is 11.4. The average Bonchev–Trinajstić information content (AvgIpc) is 3.23. The van der Waals surface area contributed by atoms with Gasteiger partial charge in [-0.05, 0) is 47.4 Å². The van der Waals surface area contributed by atoms with Crippen molar-refractivity contribution in [2.45, 2.75) is 6.04 Å². The summed E-state index contributed by atoms with van der Waals surface area (Å²) in [4.78, 5) is 39.8. The van der Waals surface area contributed by atoms with Crippen molar-refractivity contribution in [1.82, 2.24) is 9.69 Å². The second-order valence-electron chi connectivity index (χ2n) is 7.25. The lowest BCUT2D eigenvalue weighted by Gasteiger charge is -2.31. The van der Waals surface area contributed by atoms with E-state index in [4.69, 9.17) is 20.9 Å². The van der Waals surface area contributed by atoms with Gasteiger partial charge in [0.1, 0.15) is 22.5 Å². The normalized spacial score (nSPS) is 11.5. The smallest absolute Gasteiger partial charge is 0.273 e. The lowest BCUT2D eigenvalue weighted by atomic mass is 10.0. The Hall–Kier alpha value is -4.03. The molecule has 35 heavy (non-hydrogen) atoms. The van der Waals surface area contributed by atoms with Gasteiger partial charge in [0.05, 0.1) is 19.4 Å². The number of nitrogen functional groups attached to an aromatic ring is 1. The number of amides is 3. The average molecular weight is 502 g/mol. The number of nitrogens with one attached hydrogen (secondary N) is 1. The maximum atomic E-state index is 14.2. The van der Waals surface area contributed by atoms with E-state index in [0.717, 1.165) is 11.0 Å². The van der Waals surface area contributed by atoms with Crippen molar-refractivity contribution in [2.75, 3.05) is 38.0 Å². The fraction of sp³-hybridized carbons (Fsp3) is 0.217. The molecule has 0 unspecified atom stereocenters. The van der Waals surface area contributed by atoms with Crippen LogP contribution >= 0.6 is 11.5 Å². The number of methoxy groups -OCH3 is 2. The van der Waals surface area contributed by atoms with E-state index in [1.165, 1.54) is 32.4 Å². The van der Waals surface area contributed by atoms with Crippen LogP contribution in [-0.4, -0.2) is 49.5 Å². The Morgan fingerprint density at radius 2 is 1.89 bits per heavy atom. The number of benzene rings is 2. The summed E-state index contributed by atoms with van der Waals surface area (Å²) in [6.45, 7) is 0.403. The third-order valence-corrected chi connectivity index (χ3v) is 5.86. The Bertz CT molecular complexity index is 1220. The predicted octanol–water partition coefficient (Wildman–Crippen LogP) is 2.12. The third-order valence-electron chi connectivity index (χ3n) is 5.00. The molecule has 5 N–H and O–H groups in total. The Labute approximate surface area is 204 Å². The van der Waals surface area contributed by atoms with Crippen molar-refractivity contribution in [3.8, 4) is 5.75 Å². The van der Waals surface area contributed by atoms with Crippen molar-refractivity contribution < 1.29 is 28.2 Å². The van der Waals surface area contributed by atoms with Gasteiger partial charge in [0.25, 0.3) is 11.8 Å². The minimum absolute atomic E-state index is 0.0890. The van der Waals surface area contributed by atoms with Crippen molar-refractivity contribution >= 4 is 40.6 Å². The number of ether oxygens (including phenoxy) is 2. The molecule has 184 valence electrons. The molecule has 0 aliphatic rings. The van der Waals surface area contributed by atoms with Crippen LogP contribution < -0.4 is 26.4 Å². The molecule has 3 aromatic rings. The molecule has 0 saturated carbocycles. The van der Waals surface area contributed by atoms with Gasteiger partial charge in [0.2, 0.25) is 5.91 Å². The summed E-state index contributed by atoms with van der Waals surface area (Å²) in [6.07, 6.45) is 0. The number of carbonyl (C=O) groups excluding carboxylic acids is 3. The van der Waals surface area contributed by atoms with Crippen molar-refractivity contribution in [3.63, 3.8) is 0 Å². The number of primary amides is 1. The lowest BCUT2D eigenvalue weighted by Crippen LogP contribution is -2.44. The molecule has 1 aromatic heterocycles. The Morgan fingerprint density at radius 3 is 2.46 bits per heavy atom. The van der Waals surface area contributed by atoms with E-state index >= 15 is 0 Å². The van der Waals surface area contributed by atoms with E-state index < -0.39 is 29.6 Å². The van der Waals surface area contributed by atoms with Crippen molar-refractivity contribution in [3.05, 3.63) is 70.5 Å². The molecule has 1 atom stereocenters. The van der Waals surface area contributed by atoms with Gasteiger partial charge >= 0.3 is 0 Å². The second-order valence-corrected chi connectivity index (χ2v) is 8.03. The summed E-state index contributed by atoms with van der Waals surface area (Å²) >= 11 is 0.659. The highest BCUT2D eigenvalue weighted by Gasteiger charge is 2.36. The van der Waals surface area contributed by atoms with Gasteiger partial charge in [0, 0.05) is 19.3 Å². The topological polar surface area (TPSA) is 150 Å². The first-order valence-corrected chi connectivity index (χ1v) is 11.1. The zero-order chi connectivity index (χ0) is 25.5. The molecule has 0 radical (unpaired) electrons. The van der Waals surface area contributed by atoms with E-state index in [-0.39, 0.29) is 35.1 Å². The van der Waals surface area contributed by atoms with Crippen LogP contribution in [0.4, 0.5) is 15.8 Å². The predicted molar refractivity (Wildman–Crippen MR) is 129 cm³/mol. The highest BCUT2D eigenvalue weighted by Crippen LogP contribution is 2.34. The molecule has 0 spiro atoms. The van der Waals surface area contributed by atoms with Crippen LogP contribution in [0.3, 0.4) is 0 Å². The highest BCUT2D eigenvalue weighted by atomic mass is 32.1. The minimum Gasteiger partial charge on any atom is -0.497 e. The first kappa shape index (κ1) is 25.6. The van der Waals surface area contributed by atoms with Crippen LogP contribution in [0.5, 0.6) is 5.75 Å². The molecule has 0 aliphatic carbocycles. The zero-order valence-corrected chi connectivity index (χ0v) is 19.8. The van der Waals surface area contributed by atoms with Crippen LogP contribution in [0, 0.1) is 5.82 Å². The SMILES string of the molecule is COCCNC(=O)[C@@H](c1ccc(OC)cc1)N(C(=O)c1snc(C(N)=O)c1N)c1cccc(F)c1. The number of nitrogens with two attached hydrogens (primary N) is 2. The molecular weight excluding hydrogens is 477 g/mol. The van der Waals surface area contributed by atoms with E-state index in [9.17, 15) is 18.8 Å². The summed E-state index contributed by atoms with van der Waals surface area (Å²) in [6, 6.07) is 10.5. The molecule has 3 rings (SSSR count). The fourth-order valence-electron chi connectivity index (χ4n) is 3.32. The fourth-order valence-corrected chi connectivity index (χ4v) is 4.07. The summed E-state index contributed by atoms with van der Waals surface area (Å²) < 4.78 is 28.3. The zero-order valence-electron chi connectivity index (χ0n) is 19.0. The molecule has 10 nitrogen and oxygen atoms in total. The molecule has 0 bridgehead atoms. The van der Waals surface area contributed by atoms with Crippen molar-refractivity contribution in [2.24, 2.45) is 5.73 Å². The minimum atomic E-state index is -1.24. The van der Waals surface area contributed by atoms with E-state index in [1.807, 2.05) is 0 Å². The third kappa shape index (κ3) is 5.73. The molecule has 3 amide bonds. The van der Waals surface area contributed by atoms with Crippen LogP contribution in [0.1, 0.15) is 31.8 Å². The molecule has 0 fully saturated rings. The number of hydrogen-bond acceptors (Lipinski definition) is 8. The number of rotatable bonds is 10. The number of hydrogen-bond donors (Lipinski definition) is 3. The van der Waals surface area contributed by atoms with Gasteiger partial charge < -0.3 is 26.3 Å². The summed E-state index contributed by atoms with van der Waals surface area (Å²) in [5, 5.41) is 2.72. The molecule has 1 heterocycles. The summed E-state index contributed by atoms with van der Waals surface area (Å²) in [5.74, 6) is -2.31. The molecule has 12 heteroatoms. The molecule has 0 saturated heterocycles. The maximum absolute atomic E-state index is 14.2. The Morgan fingerprint density at radius 1 is 1.17 bits per heavy atom. The van der Waals surface area contributed by atoms with E-state index in [1.54, 1.807) is 24.3 Å². The summed E-state index contributed by atoms with van der Waals surface area (Å²) in [7, 11) is 2.98.